The molecule has 1 atom stereocenters. The summed E-state index contributed by atoms with van der Waals surface area (Å²) in [4.78, 5) is 80.5. The van der Waals surface area contributed by atoms with Gasteiger partial charge in [-0.25, -0.2) is 14.3 Å². The molecule has 0 fully saturated rings. The molecule has 1 aliphatic heterocycles. The highest BCUT2D eigenvalue weighted by molar-refractivity contribution is 5.95. The maximum atomic E-state index is 14.4. The van der Waals surface area contributed by atoms with Gasteiger partial charge in [0, 0.05) is 99.7 Å². The molecule has 506 valence electrons. The first kappa shape index (κ1) is 70.8. The number of carbonyl (C=O) groups is 4. The van der Waals surface area contributed by atoms with Gasteiger partial charge in [-0.1, -0.05) is 91.7 Å². The van der Waals surface area contributed by atoms with E-state index in [1.807, 2.05) is 115 Å². The molecule has 0 saturated heterocycles. The number of aryl methyl sites for hydroxylation is 1. The van der Waals surface area contributed by atoms with Crippen molar-refractivity contribution in [1.29, 1.82) is 0 Å². The van der Waals surface area contributed by atoms with E-state index in [0.29, 0.717) is 174 Å². The molecule has 23 nitrogen and oxygen atoms in total. The van der Waals surface area contributed by atoms with Crippen LogP contribution in [0, 0.1) is 0 Å². The van der Waals surface area contributed by atoms with E-state index in [0.717, 1.165) is 68.3 Å². The van der Waals surface area contributed by atoms with E-state index >= 15 is 0 Å². The summed E-state index contributed by atoms with van der Waals surface area (Å²) < 4.78 is 51.2. The first-order chi connectivity index (χ1) is 46.7. The zero-order valence-corrected chi connectivity index (χ0v) is 54.6. The van der Waals surface area contributed by atoms with E-state index in [1.54, 1.807) is 37.6 Å². The summed E-state index contributed by atoms with van der Waals surface area (Å²) in [6.45, 7) is 8.83. The Morgan fingerprint density at radius 2 is 1.18 bits per heavy atom. The van der Waals surface area contributed by atoms with Crippen molar-refractivity contribution < 1.29 is 61.8 Å². The molecule has 4 heterocycles. The molecule has 0 saturated carbocycles. The Bertz CT molecular complexity index is 3540. The van der Waals surface area contributed by atoms with Crippen molar-refractivity contribution in [1.82, 2.24) is 40.2 Å². The number of anilines is 1. The number of ether oxygens (including phenoxy) is 9. The number of pyridine rings is 2. The summed E-state index contributed by atoms with van der Waals surface area (Å²) in [7, 11) is 3.23. The maximum absolute atomic E-state index is 14.4. The van der Waals surface area contributed by atoms with Gasteiger partial charge < -0.3 is 63.5 Å². The van der Waals surface area contributed by atoms with E-state index < -0.39 is 18.2 Å². The molecule has 0 radical (unpaired) electrons. The van der Waals surface area contributed by atoms with Crippen molar-refractivity contribution in [3.63, 3.8) is 0 Å². The molecule has 95 heavy (non-hydrogen) atoms. The number of nitrogens with zero attached hydrogens (tertiary/aromatic N) is 6. The van der Waals surface area contributed by atoms with Crippen LogP contribution in [-0.4, -0.2) is 186 Å². The van der Waals surface area contributed by atoms with E-state index in [2.05, 4.69) is 25.9 Å². The minimum Gasteiger partial charge on any atom is -0.436 e. The van der Waals surface area contributed by atoms with Crippen LogP contribution >= 0.6 is 0 Å². The van der Waals surface area contributed by atoms with Gasteiger partial charge in [0.05, 0.1) is 116 Å². The second-order valence-electron chi connectivity index (χ2n) is 23.0. The number of amides is 5. The molecule has 0 spiro atoms. The molecule has 5 amide bonds. The Morgan fingerprint density at radius 1 is 0.589 bits per heavy atom. The highest BCUT2D eigenvalue weighted by Gasteiger charge is 2.35. The van der Waals surface area contributed by atoms with Crippen LogP contribution in [0.2, 0.25) is 0 Å². The number of fused-ring (bicyclic) bond motifs is 5. The van der Waals surface area contributed by atoms with Gasteiger partial charge >= 0.3 is 12.1 Å². The molecule has 1 aliphatic carbocycles. The topological polar surface area (TPSA) is 255 Å². The molecule has 2 aliphatic rings. The number of hydrogen-bond donors (Lipinski definition) is 3. The molecule has 3 N–H and O–H groups in total. The molecular weight excluding hydrogens is 1210 g/mol. The molecular formula is C72H89N9O14. The van der Waals surface area contributed by atoms with Gasteiger partial charge in [0.2, 0.25) is 11.8 Å². The minimum atomic E-state index is -0.851. The second-order valence-corrected chi connectivity index (χ2v) is 23.0. The van der Waals surface area contributed by atoms with Gasteiger partial charge in [-0.15, -0.1) is 0 Å². The maximum Gasteiger partial charge on any atom is 0.411 e. The van der Waals surface area contributed by atoms with E-state index in [1.165, 1.54) is 9.58 Å². The van der Waals surface area contributed by atoms with E-state index in [4.69, 9.17) is 47.7 Å². The van der Waals surface area contributed by atoms with Gasteiger partial charge in [-0.05, 0) is 96.3 Å². The number of nitrogens with one attached hydrogen (secondary N) is 3. The number of hydrogen-bond acceptors (Lipinski definition) is 17. The smallest absolute Gasteiger partial charge is 0.411 e. The monoisotopic (exact) mass is 1300 g/mol. The Kier molecular flexibility index (Phi) is 28.9. The highest BCUT2D eigenvalue weighted by Crippen LogP contribution is 2.45. The second kappa shape index (κ2) is 38.7. The normalized spacial score (nSPS) is 12.7. The van der Waals surface area contributed by atoms with E-state index in [-0.39, 0.29) is 36.4 Å². The Labute approximate surface area is 555 Å². The quantitative estimate of drug-likeness (QED) is 0.0301. The summed E-state index contributed by atoms with van der Waals surface area (Å²) in [5.41, 5.74) is 9.66. The number of unbranched alkanes of at least 4 members (excludes halogenated alkanes) is 4. The molecule has 7 aromatic rings. The van der Waals surface area contributed by atoms with Crippen LogP contribution < -0.4 is 21.5 Å². The molecule has 9 rings (SSSR count). The molecule has 0 unspecified atom stereocenters. The summed E-state index contributed by atoms with van der Waals surface area (Å²) in [6.07, 6.45) is 8.43. The lowest BCUT2D eigenvalue weighted by Crippen LogP contribution is -2.48. The average molecular weight is 1300 g/mol. The number of urea groups is 1. The summed E-state index contributed by atoms with van der Waals surface area (Å²) >= 11 is 0. The third-order valence-corrected chi connectivity index (χ3v) is 16.4. The molecule has 0 bridgehead atoms. The third-order valence-electron chi connectivity index (χ3n) is 16.4. The van der Waals surface area contributed by atoms with Crippen LogP contribution in [0.3, 0.4) is 0 Å². The van der Waals surface area contributed by atoms with Crippen LogP contribution in [0.25, 0.3) is 44.4 Å². The van der Waals surface area contributed by atoms with Gasteiger partial charge in [0.25, 0.3) is 5.56 Å². The molecule has 4 aromatic carbocycles. The van der Waals surface area contributed by atoms with Crippen molar-refractivity contribution in [3.8, 4) is 33.5 Å². The number of rotatable bonds is 42. The predicted octanol–water partition coefficient (Wildman–Crippen LogP) is 9.39. The standard InChI is InChI=1S/C72H89N9O14/c1-79(72(86)95-68-61-17-7-5-15-57(61)58-16-6-8-18-62(58)68)66(22-9-11-29-75-67(82)28-34-88-37-38-90-41-42-92-45-46-94-48-47-93-44-43-91-40-39-89-36-35-87-2)69(83)76-30-10-3-4-12-33-81-70(84)63(59-19-13-21-64-60(59)20-14-31-74-64)49-65(78-81)53-23-25-56(26-24-53)77-71(85)80-51-54-27-32-73-50-55(54)52-80/h5-8,13-21,23-27,31-32,49-50,66,68H,3-4,9-12,22,28-30,33-48,51-52H2,1-2H3,(H,75,82)(H,76,83)(H,77,85)/t66-/m0/s1. The van der Waals surface area contributed by atoms with Gasteiger partial charge in [0.15, 0.2) is 6.10 Å². The molecule has 3 aromatic heterocycles. The number of benzene rings is 4. The number of carbonyl (C=O) groups excluding carboxylic acids is 4. The van der Waals surface area contributed by atoms with Crippen LogP contribution in [-0.2, 0) is 71.9 Å². The predicted molar refractivity (Wildman–Crippen MR) is 359 cm³/mol. The SMILES string of the molecule is COCCOCCOCCOCCOCCOCCOCCOCCC(=O)NCCCC[C@@H](C(=O)NCCCCCCn1nc(-c2ccc(NC(=O)N3Cc4ccncc4C3)cc2)cc(-c2cccc3ncccc23)c1=O)N(C)C(=O)OC1c2ccccc2-c2ccccc21. The van der Waals surface area contributed by atoms with Gasteiger partial charge in [0.1, 0.15) is 6.04 Å². The summed E-state index contributed by atoms with van der Waals surface area (Å²) in [6, 6.07) is 35.4. The van der Waals surface area contributed by atoms with Crippen molar-refractivity contribution in [2.24, 2.45) is 0 Å². The lowest BCUT2D eigenvalue weighted by molar-refractivity contribution is -0.126. The first-order valence-corrected chi connectivity index (χ1v) is 32.9. The van der Waals surface area contributed by atoms with Crippen LogP contribution in [0.5, 0.6) is 0 Å². The zero-order valence-electron chi connectivity index (χ0n) is 54.6. The Balaban J connectivity index is 0.699. The van der Waals surface area contributed by atoms with Gasteiger partial charge in [-0.2, -0.15) is 5.10 Å². The largest absolute Gasteiger partial charge is 0.436 e. The van der Waals surface area contributed by atoms with Crippen molar-refractivity contribution in [2.45, 2.75) is 83.1 Å². The summed E-state index contributed by atoms with van der Waals surface area (Å²) in [5, 5.41) is 14.8. The number of methoxy groups -OCH3 is 1. The fourth-order valence-corrected chi connectivity index (χ4v) is 11.3. The third kappa shape index (κ3) is 21.5. The Hall–Kier alpha value is -8.52. The highest BCUT2D eigenvalue weighted by atomic mass is 16.6. The lowest BCUT2D eigenvalue weighted by atomic mass is 10.00. The Morgan fingerprint density at radius 3 is 1.83 bits per heavy atom. The van der Waals surface area contributed by atoms with Crippen LogP contribution in [0.4, 0.5) is 15.3 Å². The van der Waals surface area contributed by atoms with Crippen LogP contribution in [0.15, 0.2) is 139 Å². The average Bonchev–Trinajstić information content (AvgIpc) is 1.75. The number of aromatic nitrogens is 4. The zero-order chi connectivity index (χ0) is 66.2. The van der Waals surface area contributed by atoms with Crippen LogP contribution in [0.1, 0.15) is 79.7 Å². The van der Waals surface area contributed by atoms with Crippen molar-refractivity contribution in [2.75, 3.05) is 132 Å². The minimum absolute atomic E-state index is 0.154. The van der Waals surface area contributed by atoms with Crippen molar-refractivity contribution >= 4 is 40.5 Å². The van der Waals surface area contributed by atoms with Gasteiger partial charge in [-0.3, -0.25) is 29.3 Å². The molecule has 23 heteroatoms. The first-order valence-electron chi connectivity index (χ1n) is 32.9. The number of likely N-dealkylation sites (N-methyl/N-ethyl adjacent to an activating group) is 1. The van der Waals surface area contributed by atoms with E-state index in [9.17, 15) is 24.0 Å². The summed E-state index contributed by atoms with van der Waals surface area (Å²) in [5.74, 6) is -0.458. The van der Waals surface area contributed by atoms with Crippen molar-refractivity contribution in [3.05, 3.63) is 166 Å². The lowest BCUT2D eigenvalue weighted by Gasteiger charge is -2.28. The fourth-order valence-electron chi connectivity index (χ4n) is 11.3. The fraction of sp³-hybridized carbons (Fsp3) is 0.444.